The van der Waals surface area contributed by atoms with Crippen LogP contribution in [0.3, 0.4) is 0 Å². The van der Waals surface area contributed by atoms with Gasteiger partial charge in [0, 0.05) is 29.3 Å². The number of carbonyl (C=O) groups is 1. The number of ether oxygens (including phenoxy) is 1. The summed E-state index contributed by atoms with van der Waals surface area (Å²) in [5.74, 6) is -0.414. The number of aromatic nitrogens is 1. The topological polar surface area (TPSA) is 97.4 Å². The molecular weight excluding hydrogens is 506 g/mol. The first-order chi connectivity index (χ1) is 15.3. The first kappa shape index (κ1) is 24.6. The lowest BCUT2D eigenvalue weighted by Crippen LogP contribution is -2.20. The third-order valence-corrected chi connectivity index (χ3v) is 5.78. The standard InChI is InChI=1S/C20H14Cl2F3N3O4S/c1-33(30,31)12-6-7-17(26-10-12)28-19(29)27-11-8-14(21)18(15(22)9-11)13-4-2-3-5-16(13)32-20(23,24)25/h2-10H,1H3,(H2,26,27,28,29). The van der Waals surface area contributed by atoms with Gasteiger partial charge in [0.05, 0.1) is 14.9 Å². The number of sulfone groups is 1. The lowest BCUT2D eigenvalue weighted by Gasteiger charge is -2.16. The molecule has 3 rings (SSSR count). The number of nitrogens with zero attached hydrogens (tertiary/aromatic N) is 1. The fraction of sp³-hybridized carbons (Fsp3) is 0.100. The second-order valence-electron chi connectivity index (χ2n) is 6.59. The Hall–Kier alpha value is -3.02. The highest BCUT2D eigenvalue weighted by molar-refractivity contribution is 7.90. The highest BCUT2D eigenvalue weighted by Gasteiger charge is 2.32. The lowest BCUT2D eigenvalue weighted by molar-refractivity contribution is -0.274. The monoisotopic (exact) mass is 519 g/mol. The van der Waals surface area contributed by atoms with E-state index in [0.717, 1.165) is 18.5 Å². The van der Waals surface area contributed by atoms with Crippen molar-refractivity contribution in [2.45, 2.75) is 11.3 Å². The van der Waals surface area contributed by atoms with Crippen molar-refractivity contribution in [1.29, 1.82) is 0 Å². The summed E-state index contributed by atoms with van der Waals surface area (Å²) in [6.45, 7) is 0. The molecule has 1 aromatic heterocycles. The summed E-state index contributed by atoms with van der Waals surface area (Å²) in [4.78, 5) is 16.1. The Balaban J connectivity index is 1.81. The van der Waals surface area contributed by atoms with Crippen LogP contribution in [0.1, 0.15) is 0 Å². The quantitative estimate of drug-likeness (QED) is 0.430. The molecule has 7 nitrogen and oxygen atoms in total. The van der Waals surface area contributed by atoms with Crippen molar-refractivity contribution in [3.63, 3.8) is 0 Å². The Morgan fingerprint density at radius 3 is 2.21 bits per heavy atom. The Labute approximate surface area is 196 Å². The second-order valence-corrected chi connectivity index (χ2v) is 9.42. The predicted octanol–water partition coefficient (Wildman–Crippen LogP) is 6.00. The number of anilines is 2. The summed E-state index contributed by atoms with van der Waals surface area (Å²) in [5, 5.41) is 4.79. The van der Waals surface area contributed by atoms with E-state index in [4.69, 9.17) is 23.2 Å². The number of rotatable bonds is 5. The van der Waals surface area contributed by atoms with Gasteiger partial charge in [-0.1, -0.05) is 41.4 Å². The van der Waals surface area contributed by atoms with Gasteiger partial charge >= 0.3 is 12.4 Å². The van der Waals surface area contributed by atoms with Crippen molar-refractivity contribution in [2.24, 2.45) is 0 Å². The Kier molecular flexibility index (Phi) is 7.06. The van der Waals surface area contributed by atoms with E-state index < -0.39 is 28.0 Å². The molecule has 0 saturated carbocycles. The smallest absolute Gasteiger partial charge is 0.405 e. The fourth-order valence-corrected chi connectivity index (χ4v) is 3.99. The molecule has 0 fully saturated rings. The molecule has 3 aromatic rings. The number of urea groups is 1. The van der Waals surface area contributed by atoms with Crippen LogP contribution in [-0.4, -0.2) is 32.1 Å². The molecule has 0 unspecified atom stereocenters. The average Bonchev–Trinajstić information content (AvgIpc) is 2.67. The largest absolute Gasteiger partial charge is 0.573 e. The number of pyridine rings is 1. The molecule has 0 saturated heterocycles. The van der Waals surface area contributed by atoms with Crippen molar-refractivity contribution < 1.29 is 31.1 Å². The summed E-state index contributed by atoms with van der Waals surface area (Å²) >= 11 is 12.5. The molecule has 2 amide bonds. The Morgan fingerprint density at radius 2 is 1.67 bits per heavy atom. The van der Waals surface area contributed by atoms with E-state index in [1.54, 1.807) is 0 Å². The minimum Gasteiger partial charge on any atom is -0.405 e. The van der Waals surface area contributed by atoms with Crippen LogP contribution in [0.15, 0.2) is 59.6 Å². The number of hydrogen-bond donors (Lipinski definition) is 2. The van der Waals surface area contributed by atoms with E-state index in [1.165, 1.54) is 42.5 Å². The van der Waals surface area contributed by atoms with E-state index in [2.05, 4.69) is 20.4 Å². The number of halogens is 5. The minimum absolute atomic E-state index is 0.0102. The van der Waals surface area contributed by atoms with Gasteiger partial charge in [-0.2, -0.15) is 0 Å². The maximum atomic E-state index is 12.7. The van der Waals surface area contributed by atoms with Gasteiger partial charge in [-0.3, -0.25) is 5.32 Å². The highest BCUT2D eigenvalue weighted by atomic mass is 35.5. The first-order valence-corrected chi connectivity index (χ1v) is 11.6. The van der Waals surface area contributed by atoms with E-state index in [0.29, 0.717) is 0 Å². The first-order valence-electron chi connectivity index (χ1n) is 8.92. The average molecular weight is 520 g/mol. The van der Waals surface area contributed by atoms with Crippen LogP contribution in [-0.2, 0) is 9.84 Å². The van der Waals surface area contributed by atoms with Crippen LogP contribution in [0.25, 0.3) is 11.1 Å². The molecule has 0 atom stereocenters. The van der Waals surface area contributed by atoms with Crippen molar-refractivity contribution in [3.05, 3.63) is 64.8 Å². The Morgan fingerprint density at radius 1 is 1.03 bits per heavy atom. The normalized spacial score (nSPS) is 11.7. The maximum absolute atomic E-state index is 12.7. The summed E-state index contributed by atoms with van der Waals surface area (Å²) in [5.41, 5.74) is 0.242. The van der Waals surface area contributed by atoms with Gasteiger partial charge in [0.1, 0.15) is 11.6 Å². The van der Waals surface area contributed by atoms with Crippen LogP contribution >= 0.6 is 23.2 Å². The predicted molar refractivity (Wildman–Crippen MR) is 119 cm³/mol. The second kappa shape index (κ2) is 9.46. The molecule has 174 valence electrons. The van der Waals surface area contributed by atoms with Crippen LogP contribution in [0.2, 0.25) is 10.0 Å². The van der Waals surface area contributed by atoms with Crippen LogP contribution in [0.4, 0.5) is 29.5 Å². The number of nitrogens with one attached hydrogen (secondary N) is 2. The molecule has 0 bridgehead atoms. The molecule has 0 aliphatic heterocycles. The molecule has 0 aliphatic carbocycles. The number of hydrogen-bond acceptors (Lipinski definition) is 5. The zero-order valence-electron chi connectivity index (χ0n) is 16.6. The number of para-hydroxylation sites is 1. The number of carbonyl (C=O) groups excluding carboxylic acids is 1. The molecule has 0 aliphatic rings. The zero-order chi connectivity index (χ0) is 24.4. The number of alkyl halides is 3. The van der Waals surface area contributed by atoms with Crippen LogP contribution in [0, 0.1) is 0 Å². The van der Waals surface area contributed by atoms with E-state index >= 15 is 0 Å². The van der Waals surface area contributed by atoms with Crippen molar-refractivity contribution in [1.82, 2.24) is 4.98 Å². The van der Waals surface area contributed by atoms with Crippen LogP contribution in [0.5, 0.6) is 5.75 Å². The zero-order valence-corrected chi connectivity index (χ0v) is 18.9. The minimum atomic E-state index is -4.91. The fourth-order valence-electron chi connectivity index (χ4n) is 2.74. The summed E-state index contributed by atoms with van der Waals surface area (Å²) in [6.07, 6.45) is -2.80. The van der Waals surface area contributed by atoms with Gasteiger partial charge in [-0.15, -0.1) is 13.2 Å². The van der Waals surface area contributed by atoms with E-state index in [-0.39, 0.29) is 37.6 Å². The highest BCUT2D eigenvalue weighted by Crippen LogP contribution is 2.42. The van der Waals surface area contributed by atoms with Gasteiger partial charge < -0.3 is 10.1 Å². The van der Waals surface area contributed by atoms with Gasteiger partial charge in [0.25, 0.3) is 0 Å². The summed E-state index contributed by atoms with van der Waals surface area (Å²) < 4.78 is 65.2. The third-order valence-electron chi connectivity index (χ3n) is 4.09. The summed E-state index contributed by atoms with van der Waals surface area (Å²) in [6, 6.07) is 9.78. The SMILES string of the molecule is CS(=O)(=O)c1ccc(NC(=O)Nc2cc(Cl)c(-c3ccccc3OC(F)(F)F)c(Cl)c2)nc1. The van der Waals surface area contributed by atoms with Gasteiger partial charge in [0.15, 0.2) is 9.84 Å². The molecule has 2 N–H and O–H groups in total. The molecule has 2 aromatic carbocycles. The van der Waals surface area contributed by atoms with Crippen molar-refractivity contribution in [3.8, 4) is 16.9 Å². The lowest BCUT2D eigenvalue weighted by atomic mass is 10.0. The Bertz CT molecular complexity index is 1280. The number of benzene rings is 2. The van der Waals surface area contributed by atoms with Crippen molar-refractivity contribution in [2.75, 3.05) is 16.9 Å². The molecule has 0 spiro atoms. The van der Waals surface area contributed by atoms with Crippen molar-refractivity contribution >= 4 is 50.6 Å². The molecular formula is C20H14Cl2F3N3O4S. The van der Waals surface area contributed by atoms with Gasteiger partial charge in [-0.05, 0) is 30.3 Å². The molecule has 33 heavy (non-hydrogen) atoms. The third kappa shape index (κ3) is 6.50. The summed E-state index contributed by atoms with van der Waals surface area (Å²) in [7, 11) is -3.44. The van der Waals surface area contributed by atoms with E-state index in [1.807, 2.05) is 0 Å². The van der Waals surface area contributed by atoms with Gasteiger partial charge in [0.2, 0.25) is 0 Å². The number of amides is 2. The molecule has 13 heteroatoms. The van der Waals surface area contributed by atoms with Gasteiger partial charge in [-0.25, -0.2) is 18.2 Å². The van der Waals surface area contributed by atoms with E-state index in [9.17, 15) is 26.4 Å². The molecule has 0 radical (unpaired) electrons. The maximum Gasteiger partial charge on any atom is 0.573 e. The van der Waals surface area contributed by atoms with Crippen LogP contribution < -0.4 is 15.4 Å². The molecule has 1 heterocycles.